The molecule has 2 rings (SSSR count). The summed E-state index contributed by atoms with van der Waals surface area (Å²) in [6.07, 6.45) is 2.75. The molecule has 18 heavy (non-hydrogen) atoms. The van der Waals surface area contributed by atoms with E-state index in [0.29, 0.717) is 16.9 Å². The molecule has 0 spiro atoms. The Hall–Kier alpha value is -1.55. The summed E-state index contributed by atoms with van der Waals surface area (Å²) in [7, 11) is 0. The van der Waals surface area contributed by atoms with Gasteiger partial charge in [0.25, 0.3) is 5.91 Å². The number of para-hydroxylation sites is 1. The predicted molar refractivity (Wildman–Crippen MR) is 68.1 cm³/mol. The average Bonchev–Trinajstić information content (AvgIpc) is 2.90. The van der Waals surface area contributed by atoms with Crippen LogP contribution in [-0.4, -0.2) is 36.8 Å². The van der Waals surface area contributed by atoms with Crippen molar-refractivity contribution in [2.24, 2.45) is 0 Å². The molecule has 1 saturated heterocycles. The SMILES string of the molecule is O=Cc1cccc(Cl)c1OCC(=O)N1CCCC1. The number of carbonyl (C=O) groups is 2. The number of ether oxygens (including phenoxy) is 1. The summed E-state index contributed by atoms with van der Waals surface area (Å²) >= 11 is 5.94. The van der Waals surface area contributed by atoms with Crippen molar-refractivity contribution < 1.29 is 14.3 Å². The standard InChI is InChI=1S/C13H14ClNO3/c14-11-5-3-4-10(8-16)13(11)18-9-12(17)15-6-1-2-7-15/h3-5,8H,1-2,6-7,9H2. The van der Waals surface area contributed by atoms with Crippen LogP contribution in [0.2, 0.25) is 5.02 Å². The summed E-state index contributed by atoms with van der Waals surface area (Å²) in [5, 5.41) is 0.342. The maximum absolute atomic E-state index is 11.8. The van der Waals surface area contributed by atoms with E-state index in [4.69, 9.17) is 16.3 Å². The first-order chi connectivity index (χ1) is 8.72. The quantitative estimate of drug-likeness (QED) is 0.786. The molecule has 5 heteroatoms. The monoisotopic (exact) mass is 267 g/mol. The van der Waals surface area contributed by atoms with Gasteiger partial charge >= 0.3 is 0 Å². The Balaban J connectivity index is 2.01. The Morgan fingerprint density at radius 1 is 1.39 bits per heavy atom. The van der Waals surface area contributed by atoms with E-state index < -0.39 is 0 Å². The lowest BCUT2D eigenvalue weighted by Gasteiger charge is -2.16. The van der Waals surface area contributed by atoms with Crippen molar-refractivity contribution in [2.45, 2.75) is 12.8 Å². The predicted octanol–water partition coefficient (Wildman–Crippen LogP) is 2.15. The maximum atomic E-state index is 11.8. The minimum absolute atomic E-state index is 0.0655. The summed E-state index contributed by atoms with van der Waals surface area (Å²) in [4.78, 5) is 24.4. The molecule has 0 aliphatic carbocycles. The molecule has 0 aromatic heterocycles. The first kappa shape index (κ1) is 12.9. The molecule has 1 aromatic rings. The number of benzene rings is 1. The third-order valence-electron chi connectivity index (χ3n) is 2.92. The molecular weight excluding hydrogens is 254 g/mol. The molecule has 0 radical (unpaired) electrons. The minimum atomic E-state index is -0.0788. The Labute approximate surface area is 110 Å². The number of carbonyl (C=O) groups excluding carboxylic acids is 2. The molecule has 4 nitrogen and oxygen atoms in total. The summed E-state index contributed by atoms with van der Waals surface area (Å²) in [6.45, 7) is 1.49. The fraction of sp³-hybridized carbons (Fsp3) is 0.385. The molecule has 0 atom stereocenters. The zero-order valence-electron chi connectivity index (χ0n) is 9.89. The smallest absolute Gasteiger partial charge is 0.260 e. The lowest BCUT2D eigenvalue weighted by molar-refractivity contribution is -0.132. The topological polar surface area (TPSA) is 46.6 Å². The highest BCUT2D eigenvalue weighted by atomic mass is 35.5. The summed E-state index contributed by atoms with van der Waals surface area (Å²) < 4.78 is 5.38. The second-order valence-electron chi connectivity index (χ2n) is 4.15. The van der Waals surface area contributed by atoms with Gasteiger partial charge in [-0.05, 0) is 25.0 Å². The third-order valence-corrected chi connectivity index (χ3v) is 3.22. The lowest BCUT2D eigenvalue weighted by Crippen LogP contribution is -2.32. The maximum Gasteiger partial charge on any atom is 0.260 e. The third kappa shape index (κ3) is 2.82. The van der Waals surface area contributed by atoms with Gasteiger partial charge in [0.15, 0.2) is 12.9 Å². The van der Waals surface area contributed by atoms with Gasteiger partial charge in [0.05, 0.1) is 10.6 Å². The molecule has 1 aliphatic rings. The van der Waals surface area contributed by atoms with E-state index in [0.717, 1.165) is 25.9 Å². The zero-order chi connectivity index (χ0) is 13.0. The van der Waals surface area contributed by atoms with Gasteiger partial charge in [-0.1, -0.05) is 17.7 Å². The van der Waals surface area contributed by atoms with Crippen LogP contribution in [0.25, 0.3) is 0 Å². The normalized spacial score (nSPS) is 14.6. The first-order valence-electron chi connectivity index (χ1n) is 5.86. The number of amides is 1. The van der Waals surface area contributed by atoms with Gasteiger partial charge in [-0.3, -0.25) is 9.59 Å². The number of likely N-dealkylation sites (tertiary alicyclic amines) is 1. The molecule has 0 N–H and O–H groups in total. The molecule has 0 unspecified atom stereocenters. The van der Waals surface area contributed by atoms with Crippen LogP contribution >= 0.6 is 11.6 Å². The van der Waals surface area contributed by atoms with E-state index in [1.807, 2.05) is 0 Å². The van der Waals surface area contributed by atoms with Crippen LogP contribution in [-0.2, 0) is 4.79 Å². The highest BCUT2D eigenvalue weighted by Gasteiger charge is 2.19. The zero-order valence-corrected chi connectivity index (χ0v) is 10.7. The Bertz CT molecular complexity index is 456. The number of nitrogens with zero attached hydrogens (tertiary/aromatic N) is 1. The van der Waals surface area contributed by atoms with Crippen LogP contribution in [0.1, 0.15) is 23.2 Å². The van der Waals surface area contributed by atoms with E-state index in [9.17, 15) is 9.59 Å². The first-order valence-corrected chi connectivity index (χ1v) is 6.24. The van der Waals surface area contributed by atoms with Crippen LogP contribution < -0.4 is 4.74 Å². The van der Waals surface area contributed by atoms with Gasteiger partial charge in [-0.2, -0.15) is 0 Å². The number of hydrogen-bond acceptors (Lipinski definition) is 3. The van der Waals surface area contributed by atoms with Crippen LogP contribution in [0.15, 0.2) is 18.2 Å². The van der Waals surface area contributed by atoms with Crippen molar-refractivity contribution in [2.75, 3.05) is 19.7 Å². The van der Waals surface area contributed by atoms with Crippen molar-refractivity contribution in [1.29, 1.82) is 0 Å². The second kappa shape index (κ2) is 5.87. The van der Waals surface area contributed by atoms with Gasteiger partial charge in [-0.15, -0.1) is 0 Å². The van der Waals surface area contributed by atoms with E-state index in [1.54, 1.807) is 23.1 Å². The van der Waals surface area contributed by atoms with Crippen molar-refractivity contribution in [3.63, 3.8) is 0 Å². The molecular formula is C13H14ClNO3. The van der Waals surface area contributed by atoms with E-state index in [1.165, 1.54) is 0 Å². The highest BCUT2D eigenvalue weighted by molar-refractivity contribution is 6.32. The molecule has 96 valence electrons. The Kier molecular flexibility index (Phi) is 4.20. The molecule has 1 fully saturated rings. The van der Waals surface area contributed by atoms with Crippen LogP contribution in [0.4, 0.5) is 0 Å². The summed E-state index contributed by atoms with van der Waals surface area (Å²) in [5.41, 5.74) is 0.358. The summed E-state index contributed by atoms with van der Waals surface area (Å²) in [5.74, 6) is 0.214. The molecule has 0 saturated carbocycles. The molecule has 0 bridgehead atoms. The van der Waals surface area contributed by atoms with E-state index in [-0.39, 0.29) is 18.3 Å². The fourth-order valence-corrected chi connectivity index (χ4v) is 2.20. The van der Waals surface area contributed by atoms with Crippen molar-refractivity contribution in [3.05, 3.63) is 28.8 Å². The summed E-state index contributed by atoms with van der Waals surface area (Å²) in [6, 6.07) is 4.90. The average molecular weight is 268 g/mol. The van der Waals surface area contributed by atoms with Crippen LogP contribution in [0.5, 0.6) is 5.75 Å². The number of aldehydes is 1. The number of halogens is 1. The van der Waals surface area contributed by atoms with E-state index >= 15 is 0 Å². The molecule has 1 aromatic carbocycles. The highest BCUT2D eigenvalue weighted by Crippen LogP contribution is 2.27. The van der Waals surface area contributed by atoms with Gasteiger partial charge < -0.3 is 9.64 Å². The Morgan fingerprint density at radius 3 is 2.78 bits per heavy atom. The molecule has 1 amide bonds. The van der Waals surface area contributed by atoms with Crippen molar-refractivity contribution in [1.82, 2.24) is 4.90 Å². The van der Waals surface area contributed by atoms with Crippen LogP contribution in [0.3, 0.4) is 0 Å². The Morgan fingerprint density at radius 2 is 2.11 bits per heavy atom. The van der Waals surface area contributed by atoms with Gasteiger partial charge in [0.1, 0.15) is 5.75 Å². The number of hydrogen-bond donors (Lipinski definition) is 0. The lowest BCUT2D eigenvalue weighted by atomic mass is 10.2. The molecule has 1 aliphatic heterocycles. The molecule has 1 heterocycles. The fourth-order valence-electron chi connectivity index (χ4n) is 1.96. The van der Waals surface area contributed by atoms with Crippen molar-refractivity contribution >= 4 is 23.8 Å². The van der Waals surface area contributed by atoms with Gasteiger partial charge in [0, 0.05) is 13.1 Å². The number of rotatable bonds is 4. The van der Waals surface area contributed by atoms with Crippen LogP contribution in [0, 0.1) is 0 Å². The van der Waals surface area contributed by atoms with Gasteiger partial charge in [-0.25, -0.2) is 0 Å². The van der Waals surface area contributed by atoms with E-state index in [2.05, 4.69) is 0 Å². The van der Waals surface area contributed by atoms with Crippen molar-refractivity contribution in [3.8, 4) is 5.75 Å². The van der Waals surface area contributed by atoms with Gasteiger partial charge in [0.2, 0.25) is 0 Å². The largest absolute Gasteiger partial charge is 0.481 e. The minimum Gasteiger partial charge on any atom is -0.481 e. The second-order valence-corrected chi connectivity index (χ2v) is 4.56.